The number of aromatic nitrogens is 1. The minimum absolute atomic E-state index is 0.0461. The monoisotopic (exact) mass is 379 g/mol. The summed E-state index contributed by atoms with van der Waals surface area (Å²) < 4.78 is 19.0. The molecule has 2 aromatic carbocycles. The van der Waals surface area contributed by atoms with E-state index in [1.54, 1.807) is 18.2 Å². The third-order valence-electron chi connectivity index (χ3n) is 3.98. The number of nitrogens with one attached hydrogen (secondary N) is 2. The molecule has 142 valence electrons. The first-order valence-electron chi connectivity index (χ1n) is 8.46. The lowest BCUT2D eigenvalue weighted by atomic mass is 10.1. The van der Waals surface area contributed by atoms with Crippen LogP contribution in [-0.2, 0) is 0 Å². The van der Waals surface area contributed by atoms with Gasteiger partial charge in [0.25, 0.3) is 11.8 Å². The lowest BCUT2D eigenvalue weighted by molar-refractivity contribution is 0.102. The Labute approximate surface area is 161 Å². The van der Waals surface area contributed by atoms with Crippen molar-refractivity contribution in [1.82, 2.24) is 4.98 Å². The number of anilines is 2. The normalized spacial score (nSPS) is 10.2. The quantitative estimate of drug-likeness (QED) is 0.701. The summed E-state index contributed by atoms with van der Waals surface area (Å²) in [5, 5.41) is 5.20. The topological polar surface area (TPSA) is 80.3 Å². The third-order valence-corrected chi connectivity index (χ3v) is 3.98. The first-order valence-corrected chi connectivity index (χ1v) is 8.46. The second kappa shape index (κ2) is 8.30. The maximum absolute atomic E-state index is 13.7. The molecule has 3 aromatic rings. The fourth-order valence-corrected chi connectivity index (χ4v) is 2.56. The van der Waals surface area contributed by atoms with Crippen molar-refractivity contribution < 1.29 is 18.7 Å². The Morgan fingerprint density at radius 1 is 0.964 bits per heavy atom. The Morgan fingerprint density at radius 2 is 1.71 bits per heavy atom. The van der Waals surface area contributed by atoms with E-state index in [4.69, 9.17) is 4.74 Å². The highest BCUT2D eigenvalue weighted by Crippen LogP contribution is 2.25. The largest absolute Gasteiger partial charge is 0.495 e. The summed E-state index contributed by atoms with van der Waals surface area (Å²) >= 11 is 0. The van der Waals surface area contributed by atoms with Gasteiger partial charge in [0.1, 0.15) is 17.3 Å². The van der Waals surface area contributed by atoms with Crippen molar-refractivity contribution in [3.05, 3.63) is 83.4 Å². The van der Waals surface area contributed by atoms with Crippen LogP contribution in [0.25, 0.3) is 0 Å². The number of amides is 2. The van der Waals surface area contributed by atoms with Gasteiger partial charge in [-0.05, 0) is 48.9 Å². The molecule has 2 N–H and O–H groups in total. The van der Waals surface area contributed by atoms with Gasteiger partial charge in [-0.3, -0.25) is 14.6 Å². The van der Waals surface area contributed by atoms with Crippen LogP contribution in [0, 0.1) is 12.7 Å². The number of carbonyl (C=O) groups is 2. The number of benzene rings is 2. The molecule has 7 heteroatoms. The summed E-state index contributed by atoms with van der Waals surface area (Å²) in [6, 6.07) is 14.0. The van der Waals surface area contributed by atoms with E-state index in [9.17, 15) is 14.0 Å². The smallest absolute Gasteiger partial charge is 0.274 e. The molecule has 28 heavy (non-hydrogen) atoms. The van der Waals surface area contributed by atoms with E-state index in [0.717, 1.165) is 5.56 Å². The third kappa shape index (κ3) is 4.32. The SMILES string of the molecule is COc1ccc(C)cc1NC(=O)c1cc(C(=O)Nc2ccccc2F)ccn1. The number of nitrogens with zero attached hydrogens (tertiary/aromatic N) is 1. The summed E-state index contributed by atoms with van der Waals surface area (Å²) in [6.45, 7) is 1.89. The second-order valence-electron chi connectivity index (χ2n) is 6.02. The summed E-state index contributed by atoms with van der Waals surface area (Å²) in [7, 11) is 1.51. The van der Waals surface area contributed by atoms with Gasteiger partial charge in [0.2, 0.25) is 0 Å². The van der Waals surface area contributed by atoms with Gasteiger partial charge in [-0.1, -0.05) is 18.2 Å². The Hall–Kier alpha value is -3.74. The van der Waals surface area contributed by atoms with Crippen LogP contribution in [0.3, 0.4) is 0 Å². The number of rotatable bonds is 5. The molecular formula is C21H18FN3O3. The maximum Gasteiger partial charge on any atom is 0.274 e. The van der Waals surface area contributed by atoms with Gasteiger partial charge in [-0.2, -0.15) is 0 Å². The van der Waals surface area contributed by atoms with Crippen LogP contribution in [0.2, 0.25) is 0 Å². The van der Waals surface area contributed by atoms with Crippen molar-refractivity contribution in [2.45, 2.75) is 6.92 Å². The molecular weight excluding hydrogens is 361 g/mol. The van der Waals surface area contributed by atoms with Gasteiger partial charge < -0.3 is 15.4 Å². The Morgan fingerprint density at radius 3 is 2.46 bits per heavy atom. The van der Waals surface area contributed by atoms with Crippen LogP contribution < -0.4 is 15.4 Å². The molecule has 0 radical (unpaired) electrons. The van der Waals surface area contributed by atoms with Gasteiger partial charge in [0, 0.05) is 11.8 Å². The Bertz CT molecular complexity index is 1040. The van der Waals surface area contributed by atoms with Crippen LogP contribution in [0.1, 0.15) is 26.4 Å². The zero-order valence-corrected chi connectivity index (χ0v) is 15.3. The van der Waals surface area contributed by atoms with Crippen molar-refractivity contribution >= 4 is 23.2 Å². The molecule has 0 spiro atoms. The van der Waals surface area contributed by atoms with Crippen molar-refractivity contribution in [3.8, 4) is 5.75 Å². The summed E-state index contributed by atoms with van der Waals surface area (Å²) in [5.41, 5.74) is 1.72. The molecule has 3 rings (SSSR count). The van der Waals surface area contributed by atoms with Gasteiger partial charge >= 0.3 is 0 Å². The van der Waals surface area contributed by atoms with E-state index in [1.807, 2.05) is 13.0 Å². The highest BCUT2D eigenvalue weighted by atomic mass is 19.1. The molecule has 0 atom stereocenters. The summed E-state index contributed by atoms with van der Waals surface area (Å²) in [4.78, 5) is 29.0. The lowest BCUT2D eigenvalue weighted by Crippen LogP contribution is -2.17. The van der Waals surface area contributed by atoms with E-state index in [2.05, 4.69) is 15.6 Å². The van der Waals surface area contributed by atoms with E-state index in [0.29, 0.717) is 11.4 Å². The van der Waals surface area contributed by atoms with Crippen LogP contribution >= 0.6 is 0 Å². The Balaban J connectivity index is 1.79. The van der Waals surface area contributed by atoms with E-state index in [1.165, 1.54) is 43.6 Å². The van der Waals surface area contributed by atoms with Crippen molar-refractivity contribution in [2.24, 2.45) is 0 Å². The number of aryl methyl sites for hydroxylation is 1. The number of hydrogen-bond acceptors (Lipinski definition) is 4. The zero-order chi connectivity index (χ0) is 20.1. The molecule has 6 nitrogen and oxygen atoms in total. The fourth-order valence-electron chi connectivity index (χ4n) is 2.56. The Kier molecular flexibility index (Phi) is 5.64. The number of carbonyl (C=O) groups excluding carboxylic acids is 2. The molecule has 2 amide bonds. The molecule has 0 saturated heterocycles. The average Bonchev–Trinajstić information content (AvgIpc) is 2.70. The molecule has 0 aliphatic heterocycles. The number of ether oxygens (including phenoxy) is 1. The van der Waals surface area contributed by atoms with Gasteiger partial charge in [-0.15, -0.1) is 0 Å². The number of para-hydroxylation sites is 1. The molecule has 0 aliphatic carbocycles. The first-order chi connectivity index (χ1) is 13.5. The molecule has 0 saturated carbocycles. The molecule has 1 heterocycles. The predicted molar refractivity (Wildman–Crippen MR) is 104 cm³/mol. The number of pyridine rings is 1. The van der Waals surface area contributed by atoms with Gasteiger partial charge in [-0.25, -0.2) is 4.39 Å². The van der Waals surface area contributed by atoms with E-state index < -0.39 is 17.6 Å². The number of halogens is 1. The minimum atomic E-state index is -0.547. The lowest BCUT2D eigenvalue weighted by Gasteiger charge is -2.11. The van der Waals surface area contributed by atoms with Gasteiger partial charge in [0.05, 0.1) is 18.5 Å². The van der Waals surface area contributed by atoms with Crippen molar-refractivity contribution in [2.75, 3.05) is 17.7 Å². The van der Waals surface area contributed by atoms with Crippen LogP contribution in [0.15, 0.2) is 60.8 Å². The van der Waals surface area contributed by atoms with Crippen molar-refractivity contribution in [1.29, 1.82) is 0 Å². The standard InChI is InChI=1S/C21H18FN3O3/c1-13-7-8-19(28-2)17(11-13)25-21(27)18-12-14(9-10-23-18)20(26)24-16-6-4-3-5-15(16)22/h3-12H,1-2H3,(H,24,26)(H,25,27). The summed E-state index contributed by atoms with van der Waals surface area (Å²) in [5.74, 6) is -1.08. The highest BCUT2D eigenvalue weighted by molar-refractivity contribution is 6.08. The second-order valence-corrected chi connectivity index (χ2v) is 6.02. The average molecular weight is 379 g/mol. The fraction of sp³-hybridized carbons (Fsp3) is 0.0952. The van der Waals surface area contributed by atoms with E-state index in [-0.39, 0.29) is 16.9 Å². The predicted octanol–water partition coefficient (Wildman–Crippen LogP) is 4.04. The van der Waals surface area contributed by atoms with Crippen molar-refractivity contribution in [3.63, 3.8) is 0 Å². The molecule has 0 aliphatic rings. The van der Waals surface area contributed by atoms with E-state index >= 15 is 0 Å². The number of methoxy groups -OCH3 is 1. The molecule has 0 fully saturated rings. The first kappa shape index (κ1) is 19.0. The van der Waals surface area contributed by atoms with Crippen LogP contribution in [0.5, 0.6) is 5.75 Å². The van der Waals surface area contributed by atoms with Crippen LogP contribution in [0.4, 0.5) is 15.8 Å². The number of hydrogen-bond donors (Lipinski definition) is 2. The minimum Gasteiger partial charge on any atom is -0.495 e. The van der Waals surface area contributed by atoms with Gasteiger partial charge in [0.15, 0.2) is 0 Å². The summed E-state index contributed by atoms with van der Waals surface area (Å²) in [6.07, 6.45) is 1.35. The zero-order valence-electron chi connectivity index (χ0n) is 15.3. The van der Waals surface area contributed by atoms with Crippen LogP contribution in [-0.4, -0.2) is 23.9 Å². The highest BCUT2D eigenvalue weighted by Gasteiger charge is 2.15. The molecule has 0 unspecified atom stereocenters. The maximum atomic E-state index is 13.7. The molecule has 0 bridgehead atoms. The molecule has 1 aromatic heterocycles.